The molecule has 1 aliphatic rings. The van der Waals surface area contributed by atoms with Crippen molar-refractivity contribution in [3.63, 3.8) is 0 Å². The van der Waals surface area contributed by atoms with Crippen molar-refractivity contribution in [3.05, 3.63) is 34.9 Å². The quantitative estimate of drug-likeness (QED) is 0.908. The van der Waals surface area contributed by atoms with E-state index in [9.17, 15) is 8.78 Å². The summed E-state index contributed by atoms with van der Waals surface area (Å²) in [7, 11) is 0. The number of rotatable bonds is 4. The number of nitrogens with one attached hydrogen (secondary N) is 1. The van der Waals surface area contributed by atoms with Gasteiger partial charge >= 0.3 is 0 Å². The van der Waals surface area contributed by atoms with Crippen molar-refractivity contribution < 1.29 is 8.78 Å². The first-order valence-electron chi connectivity index (χ1n) is 6.15. The fourth-order valence-corrected chi connectivity index (χ4v) is 2.47. The first kappa shape index (κ1) is 13.7. The second-order valence-corrected chi connectivity index (χ2v) is 4.92. The van der Waals surface area contributed by atoms with Crippen molar-refractivity contribution in [1.82, 2.24) is 10.2 Å². The summed E-state index contributed by atoms with van der Waals surface area (Å²) in [4.78, 5) is 2.12. The fourth-order valence-electron chi connectivity index (χ4n) is 2.34. The standard InChI is InChI=1S/C13H17ClF2N2/c14-11-3-1-10(2-4-11)12(9-13(15)16)18-7-5-17-6-8-18/h1-4,12-13,17H,5-9H2/t12-/m1/s1. The number of nitrogens with zero attached hydrogens (tertiary/aromatic N) is 1. The van der Waals surface area contributed by atoms with Gasteiger partial charge in [-0.3, -0.25) is 4.90 Å². The number of hydrogen-bond donors (Lipinski definition) is 1. The Morgan fingerprint density at radius 3 is 2.33 bits per heavy atom. The minimum atomic E-state index is -2.29. The van der Waals surface area contributed by atoms with E-state index in [2.05, 4.69) is 10.2 Å². The highest BCUT2D eigenvalue weighted by atomic mass is 35.5. The second-order valence-electron chi connectivity index (χ2n) is 4.48. The molecular weight excluding hydrogens is 258 g/mol. The van der Waals surface area contributed by atoms with Gasteiger partial charge in [-0.25, -0.2) is 8.78 Å². The first-order chi connectivity index (χ1) is 8.66. The maximum atomic E-state index is 12.7. The molecule has 1 atom stereocenters. The van der Waals surface area contributed by atoms with Crippen LogP contribution >= 0.6 is 11.6 Å². The lowest BCUT2D eigenvalue weighted by Gasteiger charge is -2.35. The lowest BCUT2D eigenvalue weighted by atomic mass is 10.0. The van der Waals surface area contributed by atoms with Crippen LogP contribution in [0.1, 0.15) is 18.0 Å². The van der Waals surface area contributed by atoms with Gasteiger partial charge in [0.2, 0.25) is 6.43 Å². The van der Waals surface area contributed by atoms with Gasteiger partial charge in [-0.1, -0.05) is 23.7 Å². The highest BCUT2D eigenvalue weighted by molar-refractivity contribution is 6.30. The second kappa shape index (κ2) is 6.45. The van der Waals surface area contributed by atoms with Crippen molar-refractivity contribution in [3.8, 4) is 0 Å². The average molecular weight is 275 g/mol. The molecule has 1 aliphatic heterocycles. The number of halogens is 3. The minimum Gasteiger partial charge on any atom is -0.314 e. The van der Waals surface area contributed by atoms with Crippen LogP contribution in [-0.4, -0.2) is 37.5 Å². The minimum absolute atomic E-state index is 0.123. The van der Waals surface area contributed by atoms with Gasteiger partial charge in [0, 0.05) is 43.7 Å². The Morgan fingerprint density at radius 1 is 1.17 bits per heavy atom. The van der Waals surface area contributed by atoms with Gasteiger partial charge in [-0.15, -0.1) is 0 Å². The van der Waals surface area contributed by atoms with Crippen LogP contribution in [0.15, 0.2) is 24.3 Å². The van der Waals surface area contributed by atoms with Crippen molar-refractivity contribution in [2.45, 2.75) is 18.9 Å². The number of benzene rings is 1. The predicted octanol–water partition coefficient (Wildman–Crippen LogP) is 2.94. The average Bonchev–Trinajstić information content (AvgIpc) is 2.38. The zero-order valence-corrected chi connectivity index (χ0v) is 10.8. The highest BCUT2D eigenvalue weighted by Crippen LogP contribution is 2.28. The molecule has 2 rings (SSSR count). The summed E-state index contributed by atoms with van der Waals surface area (Å²) in [6.07, 6.45) is -2.41. The fraction of sp³-hybridized carbons (Fsp3) is 0.538. The molecule has 1 aromatic carbocycles. The van der Waals surface area contributed by atoms with Gasteiger partial charge in [0.15, 0.2) is 0 Å². The molecule has 0 amide bonds. The van der Waals surface area contributed by atoms with Gasteiger partial charge in [0.25, 0.3) is 0 Å². The molecular formula is C13H17ClF2N2. The number of piperazine rings is 1. The van der Waals surface area contributed by atoms with E-state index < -0.39 is 6.43 Å². The van der Waals surface area contributed by atoms with Crippen LogP contribution in [0.2, 0.25) is 5.02 Å². The third-order valence-electron chi connectivity index (χ3n) is 3.25. The van der Waals surface area contributed by atoms with E-state index in [-0.39, 0.29) is 12.5 Å². The Labute approximate surface area is 111 Å². The molecule has 5 heteroatoms. The Kier molecular flexibility index (Phi) is 4.92. The summed E-state index contributed by atoms with van der Waals surface area (Å²) in [6, 6.07) is 6.99. The van der Waals surface area contributed by atoms with E-state index >= 15 is 0 Å². The molecule has 1 fully saturated rings. The molecule has 1 heterocycles. The van der Waals surface area contributed by atoms with Crippen LogP contribution in [0.25, 0.3) is 0 Å². The van der Waals surface area contributed by atoms with Gasteiger partial charge in [-0.2, -0.15) is 0 Å². The predicted molar refractivity (Wildman–Crippen MR) is 69.3 cm³/mol. The molecule has 0 saturated carbocycles. The monoisotopic (exact) mass is 274 g/mol. The van der Waals surface area contributed by atoms with Gasteiger partial charge in [0.05, 0.1) is 0 Å². The molecule has 1 N–H and O–H groups in total. The molecule has 18 heavy (non-hydrogen) atoms. The van der Waals surface area contributed by atoms with Crippen LogP contribution < -0.4 is 5.32 Å². The molecule has 0 spiro atoms. The Bertz CT molecular complexity index is 364. The van der Waals surface area contributed by atoms with Gasteiger partial charge in [-0.05, 0) is 17.7 Å². The molecule has 0 radical (unpaired) electrons. The molecule has 0 bridgehead atoms. The molecule has 100 valence electrons. The van der Waals surface area contributed by atoms with Gasteiger partial charge in [0.1, 0.15) is 0 Å². The lowest BCUT2D eigenvalue weighted by molar-refractivity contribution is 0.0739. The molecule has 0 unspecified atom stereocenters. The summed E-state index contributed by atoms with van der Waals surface area (Å²) in [5, 5.41) is 3.87. The summed E-state index contributed by atoms with van der Waals surface area (Å²) in [5.74, 6) is 0. The normalized spacial score (nSPS) is 19.1. The first-order valence-corrected chi connectivity index (χ1v) is 6.53. The van der Waals surface area contributed by atoms with E-state index in [1.807, 2.05) is 12.1 Å². The van der Waals surface area contributed by atoms with Crippen LogP contribution in [0.5, 0.6) is 0 Å². The van der Waals surface area contributed by atoms with Crippen LogP contribution in [0.3, 0.4) is 0 Å². The Hall–Kier alpha value is -0.710. The zero-order valence-electron chi connectivity index (χ0n) is 10.1. The zero-order chi connectivity index (χ0) is 13.0. The Balaban J connectivity index is 2.15. The van der Waals surface area contributed by atoms with Gasteiger partial charge < -0.3 is 5.32 Å². The smallest absolute Gasteiger partial charge is 0.240 e. The van der Waals surface area contributed by atoms with Crippen molar-refractivity contribution >= 4 is 11.6 Å². The maximum absolute atomic E-state index is 12.7. The summed E-state index contributed by atoms with van der Waals surface area (Å²) < 4.78 is 25.5. The summed E-state index contributed by atoms with van der Waals surface area (Å²) >= 11 is 5.84. The van der Waals surface area contributed by atoms with Crippen LogP contribution in [-0.2, 0) is 0 Å². The lowest BCUT2D eigenvalue weighted by Crippen LogP contribution is -2.45. The van der Waals surface area contributed by atoms with Crippen molar-refractivity contribution in [2.75, 3.05) is 26.2 Å². The van der Waals surface area contributed by atoms with E-state index in [1.54, 1.807) is 12.1 Å². The van der Waals surface area contributed by atoms with E-state index in [4.69, 9.17) is 11.6 Å². The molecule has 0 aromatic heterocycles. The van der Waals surface area contributed by atoms with E-state index in [0.717, 1.165) is 31.7 Å². The molecule has 0 aliphatic carbocycles. The van der Waals surface area contributed by atoms with E-state index in [1.165, 1.54) is 0 Å². The largest absolute Gasteiger partial charge is 0.314 e. The third kappa shape index (κ3) is 3.64. The van der Waals surface area contributed by atoms with Crippen molar-refractivity contribution in [2.24, 2.45) is 0 Å². The number of hydrogen-bond acceptors (Lipinski definition) is 2. The Morgan fingerprint density at radius 2 is 1.78 bits per heavy atom. The van der Waals surface area contributed by atoms with Crippen LogP contribution in [0.4, 0.5) is 8.78 Å². The van der Waals surface area contributed by atoms with E-state index in [0.29, 0.717) is 5.02 Å². The summed E-state index contributed by atoms with van der Waals surface area (Å²) in [5.41, 5.74) is 0.918. The molecule has 1 aromatic rings. The summed E-state index contributed by atoms with van der Waals surface area (Å²) in [6.45, 7) is 3.32. The molecule has 1 saturated heterocycles. The number of alkyl halides is 2. The topological polar surface area (TPSA) is 15.3 Å². The molecule has 2 nitrogen and oxygen atoms in total. The third-order valence-corrected chi connectivity index (χ3v) is 3.50. The highest BCUT2D eigenvalue weighted by Gasteiger charge is 2.25. The van der Waals surface area contributed by atoms with Crippen molar-refractivity contribution in [1.29, 1.82) is 0 Å². The van der Waals surface area contributed by atoms with Crippen LogP contribution in [0, 0.1) is 0 Å². The maximum Gasteiger partial charge on any atom is 0.240 e. The SMILES string of the molecule is FC(F)C[C@H](c1ccc(Cl)cc1)N1CCNCC1.